The lowest BCUT2D eigenvalue weighted by Gasteiger charge is -2.18. The van der Waals surface area contributed by atoms with Crippen molar-refractivity contribution in [1.82, 2.24) is 5.32 Å². The summed E-state index contributed by atoms with van der Waals surface area (Å²) in [7, 11) is 0. The van der Waals surface area contributed by atoms with Gasteiger partial charge < -0.3 is 16.4 Å². The number of rotatable bonds is 6. The summed E-state index contributed by atoms with van der Waals surface area (Å²) in [6.07, 6.45) is 0.385. The lowest BCUT2D eigenvalue weighted by molar-refractivity contribution is -0.121. The fraction of sp³-hybridized carbons (Fsp3) is 0.462. The predicted molar refractivity (Wildman–Crippen MR) is 78.6 cm³/mol. The summed E-state index contributed by atoms with van der Waals surface area (Å²) < 4.78 is 1.01. The van der Waals surface area contributed by atoms with Gasteiger partial charge in [0.2, 0.25) is 5.91 Å². The normalized spacial score (nSPS) is 12.0. The molecule has 1 amide bonds. The minimum Gasteiger partial charge on any atom is -0.380 e. The second-order valence-corrected chi connectivity index (χ2v) is 5.17. The SMILES string of the molecule is CCNC(=O)CC(CN)Nc1cc(C)cc(Br)c1. The van der Waals surface area contributed by atoms with Crippen LogP contribution in [0.1, 0.15) is 18.9 Å². The van der Waals surface area contributed by atoms with Crippen LogP contribution in [0.4, 0.5) is 5.69 Å². The molecule has 100 valence electrons. The molecule has 0 aliphatic carbocycles. The van der Waals surface area contributed by atoms with Crippen LogP contribution in [0.15, 0.2) is 22.7 Å². The smallest absolute Gasteiger partial charge is 0.222 e. The maximum Gasteiger partial charge on any atom is 0.222 e. The molecule has 1 atom stereocenters. The van der Waals surface area contributed by atoms with Crippen LogP contribution < -0.4 is 16.4 Å². The fourth-order valence-electron chi connectivity index (χ4n) is 1.74. The molecule has 18 heavy (non-hydrogen) atoms. The van der Waals surface area contributed by atoms with Crippen molar-refractivity contribution >= 4 is 27.5 Å². The number of halogens is 1. The summed E-state index contributed by atoms with van der Waals surface area (Å²) >= 11 is 3.45. The zero-order valence-electron chi connectivity index (χ0n) is 10.8. The number of carbonyl (C=O) groups excluding carboxylic acids is 1. The van der Waals surface area contributed by atoms with E-state index in [1.54, 1.807) is 0 Å². The number of benzene rings is 1. The van der Waals surface area contributed by atoms with E-state index < -0.39 is 0 Å². The quantitative estimate of drug-likeness (QED) is 0.752. The molecule has 4 nitrogen and oxygen atoms in total. The number of amides is 1. The monoisotopic (exact) mass is 313 g/mol. The molecule has 0 heterocycles. The first-order valence-corrected chi connectivity index (χ1v) is 6.85. The molecule has 5 heteroatoms. The summed E-state index contributed by atoms with van der Waals surface area (Å²) in [6.45, 7) is 4.99. The zero-order valence-corrected chi connectivity index (χ0v) is 12.4. The molecule has 1 aromatic carbocycles. The molecule has 4 N–H and O–H groups in total. The van der Waals surface area contributed by atoms with E-state index >= 15 is 0 Å². The topological polar surface area (TPSA) is 67.2 Å². The van der Waals surface area contributed by atoms with Crippen LogP contribution in [0.2, 0.25) is 0 Å². The van der Waals surface area contributed by atoms with Crippen molar-refractivity contribution in [1.29, 1.82) is 0 Å². The lowest BCUT2D eigenvalue weighted by Crippen LogP contribution is -2.35. The van der Waals surface area contributed by atoms with Gasteiger partial charge in [0.1, 0.15) is 0 Å². The van der Waals surface area contributed by atoms with E-state index in [1.165, 1.54) is 0 Å². The van der Waals surface area contributed by atoms with Crippen molar-refractivity contribution in [2.75, 3.05) is 18.4 Å². The Morgan fingerprint density at radius 3 is 2.72 bits per heavy atom. The Morgan fingerprint density at radius 1 is 1.44 bits per heavy atom. The third kappa shape index (κ3) is 5.06. The molecule has 1 rings (SSSR count). The van der Waals surface area contributed by atoms with Crippen molar-refractivity contribution in [3.05, 3.63) is 28.2 Å². The highest BCUT2D eigenvalue weighted by atomic mass is 79.9. The minimum atomic E-state index is -0.0507. The molecule has 0 aromatic heterocycles. The largest absolute Gasteiger partial charge is 0.380 e. The van der Waals surface area contributed by atoms with Gasteiger partial charge in [0, 0.05) is 35.7 Å². The Hall–Kier alpha value is -1.07. The van der Waals surface area contributed by atoms with Crippen LogP contribution in [0, 0.1) is 6.92 Å². The molecule has 0 aliphatic rings. The molecule has 0 bridgehead atoms. The summed E-state index contributed by atoms with van der Waals surface area (Å²) in [5, 5.41) is 6.06. The van der Waals surface area contributed by atoms with Crippen molar-refractivity contribution in [2.45, 2.75) is 26.3 Å². The van der Waals surface area contributed by atoms with Crippen LogP contribution >= 0.6 is 15.9 Å². The van der Waals surface area contributed by atoms with E-state index in [9.17, 15) is 4.79 Å². The second-order valence-electron chi connectivity index (χ2n) is 4.25. The molecular weight excluding hydrogens is 294 g/mol. The first-order valence-electron chi connectivity index (χ1n) is 6.05. The first kappa shape index (κ1) is 15.0. The van der Waals surface area contributed by atoms with Gasteiger partial charge >= 0.3 is 0 Å². The van der Waals surface area contributed by atoms with E-state index in [0.29, 0.717) is 19.5 Å². The van der Waals surface area contributed by atoms with Crippen LogP contribution in [0.5, 0.6) is 0 Å². The zero-order chi connectivity index (χ0) is 13.5. The Balaban J connectivity index is 2.64. The van der Waals surface area contributed by atoms with E-state index in [-0.39, 0.29) is 11.9 Å². The van der Waals surface area contributed by atoms with Gasteiger partial charge in [-0.25, -0.2) is 0 Å². The highest BCUT2D eigenvalue weighted by Gasteiger charge is 2.11. The Bertz CT molecular complexity index is 389. The van der Waals surface area contributed by atoms with Gasteiger partial charge in [0.05, 0.1) is 0 Å². The molecule has 1 aromatic rings. The standard InChI is InChI=1S/C13H20BrN3O/c1-3-16-13(18)7-12(8-15)17-11-5-9(2)4-10(14)6-11/h4-6,12,17H,3,7-8,15H2,1-2H3,(H,16,18). The van der Waals surface area contributed by atoms with Crippen molar-refractivity contribution in [3.63, 3.8) is 0 Å². The van der Waals surface area contributed by atoms with Crippen molar-refractivity contribution < 1.29 is 4.79 Å². The van der Waals surface area contributed by atoms with Crippen LogP contribution in [0.3, 0.4) is 0 Å². The third-order valence-corrected chi connectivity index (χ3v) is 2.96. The molecule has 0 spiro atoms. The second kappa shape index (κ2) is 7.38. The lowest BCUT2D eigenvalue weighted by atomic mass is 10.1. The van der Waals surface area contributed by atoms with Crippen molar-refractivity contribution in [3.8, 4) is 0 Å². The van der Waals surface area contributed by atoms with Crippen molar-refractivity contribution in [2.24, 2.45) is 5.73 Å². The number of nitrogens with two attached hydrogens (primary N) is 1. The number of nitrogens with one attached hydrogen (secondary N) is 2. The van der Waals surface area contributed by atoms with Gasteiger partial charge in [0.15, 0.2) is 0 Å². The van der Waals surface area contributed by atoms with E-state index in [1.807, 2.05) is 32.0 Å². The van der Waals surface area contributed by atoms with Gasteiger partial charge in [-0.15, -0.1) is 0 Å². The Kier molecular flexibility index (Phi) is 6.15. The highest BCUT2D eigenvalue weighted by molar-refractivity contribution is 9.10. The molecule has 0 radical (unpaired) electrons. The number of aryl methyl sites for hydroxylation is 1. The van der Waals surface area contributed by atoms with Gasteiger partial charge in [-0.2, -0.15) is 0 Å². The molecule has 0 saturated carbocycles. The summed E-state index contributed by atoms with van der Waals surface area (Å²) in [5.74, 6) is 0.0205. The molecule has 1 unspecified atom stereocenters. The summed E-state index contributed by atoms with van der Waals surface area (Å²) in [5.41, 5.74) is 7.81. The first-order chi connectivity index (χ1) is 8.55. The maximum atomic E-state index is 11.5. The average Bonchev–Trinajstić information content (AvgIpc) is 2.27. The molecule has 0 aliphatic heterocycles. The van der Waals surface area contributed by atoms with E-state index in [0.717, 1.165) is 15.7 Å². The predicted octanol–water partition coefficient (Wildman–Crippen LogP) is 2.02. The molecule has 0 fully saturated rings. The van der Waals surface area contributed by atoms with Crippen LogP contribution in [0.25, 0.3) is 0 Å². The highest BCUT2D eigenvalue weighted by Crippen LogP contribution is 2.20. The van der Waals surface area contributed by atoms with Gasteiger partial charge in [-0.05, 0) is 37.6 Å². The number of carbonyl (C=O) groups is 1. The maximum absolute atomic E-state index is 11.5. The number of anilines is 1. The molecular formula is C13H20BrN3O. The van der Waals surface area contributed by atoms with Crippen LogP contribution in [-0.2, 0) is 4.79 Å². The summed E-state index contributed by atoms with van der Waals surface area (Å²) in [4.78, 5) is 11.5. The van der Waals surface area contributed by atoms with Gasteiger partial charge in [0.25, 0.3) is 0 Å². The minimum absolute atomic E-state index is 0.0205. The van der Waals surface area contributed by atoms with Gasteiger partial charge in [-0.3, -0.25) is 4.79 Å². The van der Waals surface area contributed by atoms with E-state index in [4.69, 9.17) is 5.73 Å². The average molecular weight is 314 g/mol. The third-order valence-electron chi connectivity index (χ3n) is 2.50. The van der Waals surface area contributed by atoms with E-state index in [2.05, 4.69) is 26.6 Å². The number of hydrogen-bond donors (Lipinski definition) is 3. The summed E-state index contributed by atoms with van der Waals surface area (Å²) in [6, 6.07) is 6.00. The Morgan fingerprint density at radius 2 is 2.17 bits per heavy atom. The fourth-order valence-corrected chi connectivity index (χ4v) is 2.35. The Labute approximate surface area is 116 Å². The number of hydrogen-bond acceptors (Lipinski definition) is 3. The molecule has 0 saturated heterocycles. The van der Waals surface area contributed by atoms with Gasteiger partial charge in [-0.1, -0.05) is 15.9 Å². The van der Waals surface area contributed by atoms with Crippen LogP contribution in [-0.4, -0.2) is 25.0 Å².